The van der Waals surface area contributed by atoms with Crippen LogP contribution >= 0.6 is 11.6 Å². The van der Waals surface area contributed by atoms with E-state index in [4.69, 9.17) is 22.1 Å². The first kappa shape index (κ1) is 36.3. The highest BCUT2D eigenvalue weighted by Crippen LogP contribution is 2.37. The van der Waals surface area contributed by atoms with Crippen molar-refractivity contribution in [1.29, 1.82) is 0 Å². The summed E-state index contributed by atoms with van der Waals surface area (Å²) < 4.78 is 22.5. The van der Waals surface area contributed by atoms with Crippen molar-refractivity contribution in [3.05, 3.63) is 81.1 Å². The lowest BCUT2D eigenvalue weighted by Gasteiger charge is -2.43. The highest BCUT2D eigenvalue weighted by molar-refractivity contribution is 6.31. The number of piperidine rings is 1. The molecule has 2 aliphatic heterocycles. The molecular formula is C40H52ClFN6O2. The Balaban J connectivity index is 1.23. The van der Waals surface area contributed by atoms with Gasteiger partial charge in [-0.05, 0) is 125 Å². The second-order valence-electron chi connectivity index (χ2n) is 14.7. The zero-order chi connectivity index (χ0) is 35.2. The molecule has 0 spiro atoms. The predicted molar refractivity (Wildman–Crippen MR) is 202 cm³/mol. The van der Waals surface area contributed by atoms with E-state index in [2.05, 4.69) is 45.8 Å². The Kier molecular flexibility index (Phi) is 12.1. The van der Waals surface area contributed by atoms with E-state index in [1.165, 1.54) is 24.8 Å². The van der Waals surface area contributed by atoms with Crippen LogP contribution in [-0.2, 0) is 11.2 Å². The van der Waals surface area contributed by atoms with Gasteiger partial charge in [0.2, 0.25) is 0 Å². The monoisotopic (exact) mass is 702 g/mol. The fraction of sp³-hybridized carbons (Fsp3) is 0.525. The first-order valence-electron chi connectivity index (χ1n) is 18.5. The molecule has 2 atom stereocenters. The molecule has 268 valence electrons. The van der Waals surface area contributed by atoms with Crippen LogP contribution in [0.5, 0.6) is 0 Å². The second-order valence-corrected chi connectivity index (χ2v) is 15.1. The Bertz CT molecular complexity index is 1820. The summed E-state index contributed by atoms with van der Waals surface area (Å²) in [6.45, 7) is 9.78. The number of aliphatic imine (C=N–C) groups is 1. The first-order chi connectivity index (χ1) is 24.2. The molecule has 0 saturated carbocycles. The summed E-state index contributed by atoms with van der Waals surface area (Å²) in [5.74, 6) is 1.46. The molecule has 10 heteroatoms. The standard InChI is InChI=1S/C40H52ClFN6O2/c1-26(2)6-4-7-29-22-34(38(42)35(41)23-29)36-24-31-25-48(40(49)46-39(31)45-36)33-12-10-30(11-13-33)37-9-5-8-32(14-18-44-27(3)43)47(37)19-15-28-16-20-50-21-17-28/h10-13,22-26,28,32,37H,4-9,14-21H2,1-3H3,(H2,43,44)(H,45,46,49). The number of fused-ring (bicyclic) bond motifs is 1. The molecule has 4 aromatic rings. The number of ether oxygens (including phenoxy) is 1. The summed E-state index contributed by atoms with van der Waals surface area (Å²) in [4.78, 5) is 28.0. The molecule has 0 aliphatic carbocycles. The van der Waals surface area contributed by atoms with Crippen LogP contribution in [0.1, 0.15) is 95.7 Å². The molecule has 50 heavy (non-hydrogen) atoms. The number of aromatic nitrogens is 3. The third-order valence-corrected chi connectivity index (χ3v) is 10.8. The molecule has 6 rings (SSSR count). The van der Waals surface area contributed by atoms with Gasteiger partial charge >= 0.3 is 5.69 Å². The SMILES string of the molecule is CC(N)=NCCC1CCCC(c2ccc(-n3cc4cc(-c5cc(CCCC(C)C)cc(Cl)c5F)[nH]c4nc3=O)cc2)N1CCC1CCOCC1. The predicted octanol–water partition coefficient (Wildman–Crippen LogP) is 8.63. The second kappa shape index (κ2) is 16.7. The molecule has 8 nitrogen and oxygen atoms in total. The van der Waals surface area contributed by atoms with E-state index in [0.29, 0.717) is 52.0 Å². The summed E-state index contributed by atoms with van der Waals surface area (Å²) in [6, 6.07) is 14.5. The number of aryl methyl sites for hydroxylation is 1. The molecule has 2 aromatic carbocycles. The van der Waals surface area contributed by atoms with Gasteiger partial charge in [-0.1, -0.05) is 44.0 Å². The van der Waals surface area contributed by atoms with Crippen molar-refractivity contribution in [2.45, 2.75) is 97.1 Å². The summed E-state index contributed by atoms with van der Waals surface area (Å²) in [5.41, 5.74) is 9.80. The van der Waals surface area contributed by atoms with Gasteiger partial charge in [-0.3, -0.25) is 14.5 Å². The quantitative estimate of drug-likeness (QED) is 0.107. The Hall–Kier alpha value is -3.53. The van der Waals surface area contributed by atoms with E-state index < -0.39 is 11.5 Å². The van der Waals surface area contributed by atoms with Crippen molar-refractivity contribution in [3.63, 3.8) is 0 Å². The molecule has 0 radical (unpaired) electrons. The van der Waals surface area contributed by atoms with Crippen LogP contribution in [0.4, 0.5) is 4.39 Å². The number of nitrogens with zero attached hydrogens (tertiary/aromatic N) is 4. The average Bonchev–Trinajstić information content (AvgIpc) is 3.51. The fourth-order valence-electron chi connectivity index (χ4n) is 7.78. The van der Waals surface area contributed by atoms with Crippen LogP contribution in [-0.4, -0.2) is 57.6 Å². The van der Waals surface area contributed by atoms with E-state index in [1.807, 2.05) is 31.2 Å². The van der Waals surface area contributed by atoms with E-state index >= 15 is 4.39 Å². The largest absolute Gasteiger partial charge is 0.388 e. The Morgan fingerprint density at radius 2 is 1.90 bits per heavy atom. The number of likely N-dealkylation sites (tertiary alicyclic amines) is 1. The number of amidine groups is 1. The number of nitrogens with two attached hydrogens (primary N) is 1. The summed E-state index contributed by atoms with van der Waals surface area (Å²) in [5, 5.41) is 0.813. The van der Waals surface area contributed by atoms with Gasteiger partial charge in [0, 0.05) is 49.0 Å². The Labute approximate surface area is 300 Å². The van der Waals surface area contributed by atoms with E-state index in [-0.39, 0.29) is 5.02 Å². The number of hydrogen-bond acceptors (Lipinski definition) is 5. The van der Waals surface area contributed by atoms with Gasteiger partial charge in [-0.2, -0.15) is 4.98 Å². The lowest BCUT2D eigenvalue weighted by atomic mass is 9.87. The number of hydrogen-bond donors (Lipinski definition) is 2. The van der Waals surface area contributed by atoms with Gasteiger partial charge in [-0.25, -0.2) is 9.18 Å². The number of halogens is 2. The molecule has 2 unspecified atom stereocenters. The molecule has 0 amide bonds. The van der Waals surface area contributed by atoms with Crippen molar-refractivity contribution >= 4 is 28.5 Å². The lowest BCUT2D eigenvalue weighted by molar-refractivity contribution is 0.0408. The lowest BCUT2D eigenvalue weighted by Crippen LogP contribution is -2.43. The number of rotatable bonds is 13. The number of benzene rings is 2. The highest BCUT2D eigenvalue weighted by atomic mass is 35.5. The van der Waals surface area contributed by atoms with Gasteiger partial charge in [0.15, 0.2) is 5.82 Å². The third-order valence-electron chi connectivity index (χ3n) is 10.5. The number of nitrogens with one attached hydrogen (secondary N) is 1. The maximum absolute atomic E-state index is 15.3. The maximum Gasteiger partial charge on any atom is 0.354 e. The smallest absolute Gasteiger partial charge is 0.354 e. The van der Waals surface area contributed by atoms with Gasteiger partial charge in [0.1, 0.15) is 5.65 Å². The number of aromatic amines is 1. The molecule has 0 bridgehead atoms. The summed E-state index contributed by atoms with van der Waals surface area (Å²) in [6.07, 6.45) is 12.6. The maximum atomic E-state index is 15.3. The fourth-order valence-corrected chi connectivity index (χ4v) is 8.02. The minimum absolute atomic E-state index is 0.0962. The molecule has 2 fully saturated rings. The van der Waals surface area contributed by atoms with Crippen LogP contribution in [0.15, 0.2) is 58.4 Å². The van der Waals surface area contributed by atoms with Crippen LogP contribution in [0.25, 0.3) is 28.0 Å². The van der Waals surface area contributed by atoms with Crippen molar-refractivity contribution in [3.8, 4) is 16.9 Å². The minimum atomic E-state index is -0.481. The Morgan fingerprint density at radius 1 is 1.12 bits per heavy atom. The van der Waals surface area contributed by atoms with Crippen molar-refractivity contribution in [2.24, 2.45) is 22.6 Å². The molecular weight excluding hydrogens is 651 g/mol. The van der Waals surface area contributed by atoms with Crippen molar-refractivity contribution < 1.29 is 9.13 Å². The average molecular weight is 703 g/mol. The number of H-pyrrole nitrogens is 1. The molecule has 4 heterocycles. The van der Waals surface area contributed by atoms with Crippen molar-refractivity contribution in [2.75, 3.05) is 26.3 Å². The van der Waals surface area contributed by atoms with Gasteiger partial charge in [-0.15, -0.1) is 0 Å². The molecule has 2 aromatic heterocycles. The van der Waals surface area contributed by atoms with E-state index in [1.54, 1.807) is 16.8 Å². The van der Waals surface area contributed by atoms with Crippen LogP contribution < -0.4 is 11.4 Å². The molecule has 3 N–H and O–H groups in total. The highest BCUT2D eigenvalue weighted by Gasteiger charge is 2.32. The zero-order valence-corrected chi connectivity index (χ0v) is 30.5. The first-order valence-corrected chi connectivity index (χ1v) is 18.8. The molecule has 2 saturated heterocycles. The van der Waals surface area contributed by atoms with Crippen molar-refractivity contribution in [1.82, 2.24) is 19.4 Å². The van der Waals surface area contributed by atoms with Crippen LogP contribution in [0, 0.1) is 17.7 Å². The normalized spacial score (nSPS) is 19.5. The zero-order valence-electron chi connectivity index (χ0n) is 29.8. The van der Waals surface area contributed by atoms with Gasteiger partial charge in [0.25, 0.3) is 0 Å². The summed E-state index contributed by atoms with van der Waals surface area (Å²) in [7, 11) is 0. The summed E-state index contributed by atoms with van der Waals surface area (Å²) >= 11 is 6.34. The van der Waals surface area contributed by atoms with Gasteiger partial charge < -0.3 is 15.5 Å². The van der Waals surface area contributed by atoms with E-state index in [0.717, 1.165) is 82.5 Å². The Morgan fingerprint density at radius 3 is 2.64 bits per heavy atom. The topological polar surface area (TPSA) is 102 Å². The minimum Gasteiger partial charge on any atom is -0.388 e. The van der Waals surface area contributed by atoms with Crippen LogP contribution in [0.3, 0.4) is 0 Å². The third kappa shape index (κ3) is 8.85. The van der Waals surface area contributed by atoms with Gasteiger partial charge in [0.05, 0.1) is 22.2 Å². The van der Waals surface area contributed by atoms with Crippen LogP contribution in [0.2, 0.25) is 5.02 Å². The van der Waals surface area contributed by atoms with E-state index in [9.17, 15) is 4.79 Å². The molecule has 2 aliphatic rings.